The number of halogens is 1. The summed E-state index contributed by atoms with van der Waals surface area (Å²) in [7, 11) is 0. The molecule has 0 atom stereocenters. The van der Waals surface area contributed by atoms with Crippen molar-refractivity contribution in [1.82, 2.24) is 20.2 Å². The van der Waals surface area contributed by atoms with Gasteiger partial charge in [0.1, 0.15) is 0 Å². The first-order valence-electron chi connectivity index (χ1n) is 9.52. The van der Waals surface area contributed by atoms with Crippen LogP contribution in [0.2, 0.25) is 5.02 Å². The third-order valence-corrected chi connectivity index (χ3v) is 5.28. The average molecular weight is 426 g/mol. The SMILES string of the molecule is CC(C)c1nnnn1-c1cc(C(=O)OC2(C(N)=O)CC2)cc(-c2ccc(Cl)cc2)c1. The molecule has 0 bridgehead atoms. The highest BCUT2D eigenvalue weighted by molar-refractivity contribution is 6.30. The summed E-state index contributed by atoms with van der Waals surface area (Å²) in [4.78, 5) is 24.5. The zero-order valence-corrected chi connectivity index (χ0v) is 17.3. The van der Waals surface area contributed by atoms with Crippen LogP contribution in [0.5, 0.6) is 0 Å². The highest BCUT2D eigenvalue weighted by atomic mass is 35.5. The molecule has 1 amide bonds. The minimum absolute atomic E-state index is 0.0687. The zero-order chi connectivity index (χ0) is 21.5. The van der Waals surface area contributed by atoms with E-state index in [4.69, 9.17) is 22.1 Å². The minimum atomic E-state index is -1.20. The number of ether oxygens (including phenoxy) is 1. The van der Waals surface area contributed by atoms with Crippen LogP contribution in [0, 0.1) is 0 Å². The Morgan fingerprint density at radius 1 is 1.13 bits per heavy atom. The predicted molar refractivity (Wildman–Crippen MR) is 110 cm³/mol. The lowest BCUT2D eigenvalue weighted by Gasteiger charge is -2.15. The van der Waals surface area contributed by atoms with E-state index in [0.29, 0.717) is 29.4 Å². The topological polar surface area (TPSA) is 113 Å². The maximum absolute atomic E-state index is 12.9. The molecular formula is C21H20ClN5O3. The van der Waals surface area contributed by atoms with Crippen molar-refractivity contribution in [3.05, 3.63) is 58.9 Å². The maximum Gasteiger partial charge on any atom is 0.339 e. The fourth-order valence-electron chi connectivity index (χ4n) is 3.15. The molecule has 2 N–H and O–H groups in total. The second-order valence-corrected chi connectivity index (χ2v) is 8.06. The van der Waals surface area contributed by atoms with Gasteiger partial charge in [0.2, 0.25) is 0 Å². The summed E-state index contributed by atoms with van der Waals surface area (Å²) in [6.07, 6.45) is 0.866. The largest absolute Gasteiger partial charge is 0.445 e. The lowest BCUT2D eigenvalue weighted by Crippen LogP contribution is -2.35. The number of primary amides is 1. The lowest BCUT2D eigenvalue weighted by atomic mass is 10.0. The molecule has 0 spiro atoms. The minimum Gasteiger partial charge on any atom is -0.445 e. The molecule has 1 aromatic heterocycles. The van der Waals surface area contributed by atoms with Crippen LogP contribution in [0.4, 0.5) is 0 Å². The quantitative estimate of drug-likeness (QED) is 0.606. The smallest absolute Gasteiger partial charge is 0.339 e. The number of aromatic nitrogens is 4. The van der Waals surface area contributed by atoms with E-state index >= 15 is 0 Å². The first-order valence-corrected chi connectivity index (χ1v) is 9.90. The van der Waals surface area contributed by atoms with Gasteiger partial charge in [-0.25, -0.2) is 4.79 Å². The summed E-state index contributed by atoms with van der Waals surface area (Å²) in [5, 5.41) is 12.5. The number of hydrogen-bond donors (Lipinski definition) is 1. The number of hydrogen-bond acceptors (Lipinski definition) is 6. The molecule has 1 aliphatic rings. The molecule has 1 heterocycles. The van der Waals surface area contributed by atoms with E-state index in [2.05, 4.69) is 15.5 Å². The van der Waals surface area contributed by atoms with Crippen LogP contribution < -0.4 is 5.73 Å². The fraction of sp³-hybridized carbons (Fsp3) is 0.286. The normalized spacial score (nSPS) is 14.5. The van der Waals surface area contributed by atoms with E-state index in [1.807, 2.05) is 32.0 Å². The van der Waals surface area contributed by atoms with Gasteiger partial charge in [0.05, 0.1) is 11.3 Å². The Bertz CT molecular complexity index is 1120. The molecule has 0 unspecified atom stereocenters. The molecule has 1 aliphatic carbocycles. The van der Waals surface area contributed by atoms with Crippen LogP contribution in [0.25, 0.3) is 16.8 Å². The van der Waals surface area contributed by atoms with Crippen molar-refractivity contribution >= 4 is 23.5 Å². The van der Waals surface area contributed by atoms with Gasteiger partial charge in [0.25, 0.3) is 5.91 Å². The first-order chi connectivity index (χ1) is 14.3. The van der Waals surface area contributed by atoms with Crippen molar-refractivity contribution in [2.24, 2.45) is 5.73 Å². The zero-order valence-electron chi connectivity index (χ0n) is 16.5. The number of carbonyl (C=O) groups is 2. The maximum atomic E-state index is 12.9. The lowest BCUT2D eigenvalue weighted by molar-refractivity contribution is -0.128. The monoisotopic (exact) mass is 425 g/mol. The Morgan fingerprint density at radius 2 is 1.83 bits per heavy atom. The molecule has 0 aliphatic heterocycles. The second-order valence-electron chi connectivity index (χ2n) is 7.63. The van der Waals surface area contributed by atoms with Crippen LogP contribution in [0.15, 0.2) is 42.5 Å². The van der Waals surface area contributed by atoms with Crippen LogP contribution in [-0.2, 0) is 9.53 Å². The number of amides is 1. The molecule has 4 rings (SSSR count). The Morgan fingerprint density at radius 3 is 2.43 bits per heavy atom. The third kappa shape index (κ3) is 3.78. The fourth-order valence-corrected chi connectivity index (χ4v) is 3.27. The molecule has 9 heteroatoms. The highest BCUT2D eigenvalue weighted by Gasteiger charge is 2.53. The van der Waals surface area contributed by atoms with Crippen molar-refractivity contribution in [2.75, 3.05) is 0 Å². The number of carbonyl (C=O) groups excluding carboxylic acids is 2. The second kappa shape index (κ2) is 7.53. The van der Waals surface area contributed by atoms with Crippen LogP contribution in [-0.4, -0.2) is 37.7 Å². The van der Waals surface area contributed by atoms with Gasteiger partial charge >= 0.3 is 5.97 Å². The molecule has 0 saturated heterocycles. The van der Waals surface area contributed by atoms with E-state index in [-0.39, 0.29) is 11.5 Å². The van der Waals surface area contributed by atoms with Gasteiger partial charge in [0, 0.05) is 23.8 Å². The van der Waals surface area contributed by atoms with Crippen LogP contribution in [0.1, 0.15) is 48.8 Å². The van der Waals surface area contributed by atoms with Crippen molar-refractivity contribution in [3.63, 3.8) is 0 Å². The van der Waals surface area contributed by atoms with Gasteiger partial charge in [-0.05, 0) is 51.9 Å². The molecule has 2 aromatic carbocycles. The molecule has 1 fully saturated rings. The molecule has 3 aromatic rings. The number of nitrogens with two attached hydrogens (primary N) is 1. The molecule has 30 heavy (non-hydrogen) atoms. The standard InChI is InChI=1S/C21H20ClN5O3/c1-12(2)18-24-25-26-27(18)17-10-14(13-3-5-16(22)6-4-13)9-15(11-17)19(28)30-21(7-8-21)20(23)29/h3-6,9-12H,7-8H2,1-2H3,(H2,23,29). The molecular weight excluding hydrogens is 406 g/mol. The summed E-state index contributed by atoms with van der Waals surface area (Å²) in [6, 6.07) is 12.5. The Kier molecular flexibility index (Phi) is 5.03. The van der Waals surface area contributed by atoms with Crippen LogP contribution >= 0.6 is 11.6 Å². The summed E-state index contributed by atoms with van der Waals surface area (Å²) in [5.74, 6) is -0.535. The number of nitrogens with zero attached hydrogens (tertiary/aromatic N) is 4. The first kappa shape index (κ1) is 20.0. The number of tetrazole rings is 1. The predicted octanol–water partition coefficient (Wildman–Crippen LogP) is 3.28. The number of benzene rings is 2. The third-order valence-electron chi connectivity index (χ3n) is 5.03. The Balaban J connectivity index is 1.80. The van der Waals surface area contributed by atoms with E-state index in [1.165, 1.54) is 0 Å². The van der Waals surface area contributed by atoms with E-state index < -0.39 is 17.5 Å². The van der Waals surface area contributed by atoms with Gasteiger partial charge in [-0.2, -0.15) is 4.68 Å². The van der Waals surface area contributed by atoms with E-state index in [9.17, 15) is 9.59 Å². The van der Waals surface area contributed by atoms with Crippen molar-refractivity contribution < 1.29 is 14.3 Å². The van der Waals surface area contributed by atoms with Crippen molar-refractivity contribution in [2.45, 2.75) is 38.2 Å². The number of rotatable bonds is 6. The Labute approximate surface area is 178 Å². The number of esters is 1. The van der Waals surface area contributed by atoms with E-state index in [1.54, 1.807) is 28.9 Å². The average Bonchev–Trinajstić information content (AvgIpc) is 3.33. The van der Waals surface area contributed by atoms with Gasteiger partial charge in [-0.3, -0.25) is 4.79 Å². The highest BCUT2D eigenvalue weighted by Crippen LogP contribution is 2.40. The van der Waals surface area contributed by atoms with Crippen molar-refractivity contribution in [1.29, 1.82) is 0 Å². The summed E-state index contributed by atoms with van der Waals surface area (Å²) in [6.45, 7) is 3.95. The van der Waals surface area contributed by atoms with E-state index in [0.717, 1.165) is 11.1 Å². The van der Waals surface area contributed by atoms with Crippen molar-refractivity contribution in [3.8, 4) is 16.8 Å². The van der Waals surface area contributed by atoms with Crippen LogP contribution in [0.3, 0.4) is 0 Å². The molecule has 8 nitrogen and oxygen atoms in total. The molecule has 1 saturated carbocycles. The van der Waals surface area contributed by atoms with Gasteiger partial charge in [-0.1, -0.05) is 37.6 Å². The summed E-state index contributed by atoms with van der Waals surface area (Å²) < 4.78 is 7.05. The summed E-state index contributed by atoms with van der Waals surface area (Å²) in [5.41, 5.74) is 6.68. The Hall–Kier alpha value is -3.26. The molecule has 154 valence electrons. The van der Waals surface area contributed by atoms with Gasteiger partial charge in [-0.15, -0.1) is 5.10 Å². The van der Waals surface area contributed by atoms with Gasteiger partial charge in [0.15, 0.2) is 11.4 Å². The molecule has 0 radical (unpaired) electrons. The van der Waals surface area contributed by atoms with Gasteiger partial charge < -0.3 is 10.5 Å². The summed E-state index contributed by atoms with van der Waals surface area (Å²) >= 11 is 6.01.